The van der Waals surface area contributed by atoms with Crippen molar-refractivity contribution < 1.29 is 27.5 Å². The van der Waals surface area contributed by atoms with Crippen LogP contribution in [0.5, 0.6) is 0 Å². The molecule has 2 heterocycles. The van der Waals surface area contributed by atoms with E-state index in [-0.39, 0.29) is 17.8 Å². The van der Waals surface area contributed by atoms with Crippen LogP contribution in [-0.2, 0) is 15.7 Å². The highest BCUT2D eigenvalue weighted by molar-refractivity contribution is 5.92. The van der Waals surface area contributed by atoms with Crippen LogP contribution in [0.15, 0.2) is 30.6 Å². The van der Waals surface area contributed by atoms with E-state index >= 15 is 0 Å². The number of ether oxygens (including phenoxy) is 1. The molecule has 1 saturated carbocycles. The zero-order valence-corrected chi connectivity index (χ0v) is 16.6. The molecule has 0 aromatic carbocycles. The van der Waals surface area contributed by atoms with Crippen LogP contribution in [0.4, 0.5) is 13.2 Å². The summed E-state index contributed by atoms with van der Waals surface area (Å²) in [6, 6.07) is 4.33. The number of rotatable bonds is 5. The van der Waals surface area contributed by atoms with E-state index in [9.17, 15) is 22.8 Å². The molecule has 3 atom stereocenters. The lowest BCUT2D eigenvalue weighted by Gasteiger charge is -2.34. The van der Waals surface area contributed by atoms with Gasteiger partial charge in [0.25, 0.3) is 5.91 Å². The van der Waals surface area contributed by atoms with Crippen LogP contribution in [0.1, 0.15) is 49.2 Å². The Bertz CT molecular complexity index is 898. The smallest absolute Gasteiger partial charge is 0.434 e. The number of carbonyl (C=O) groups is 2. The fourth-order valence-corrected chi connectivity index (χ4v) is 3.67. The third kappa shape index (κ3) is 4.80. The maximum Gasteiger partial charge on any atom is 0.434 e. The summed E-state index contributed by atoms with van der Waals surface area (Å²) in [6.45, 7) is 3.49. The van der Waals surface area contributed by atoms with Gasteiger partial charge in [-0.15, -0.1) is 0 Å². The highest BCUT2D eigenvalue weighted by atomic mass is 19.4. The van der Waals surface area contributed by atoms with Gasteiger partial charge in [0.2, 0.25) is 0 Å². The van der Waals surface area contributed by atoms with Crippen molar-refractivity contribution in [1.82, 2.24) is 20.1 Å². The lowest BCUT2D eigenvalue weighted by atomic mass is 9.78. The van der Waals surface area contributed by atoms with E-state index < -0.39 is 35.9 Å². The molecule has 0 aliphatic heterocycles. The van der Waals surface area contributed by atoms with Crippen molar-refractivity contribution >= 4 is 11.9 Å². The van der Waals surface area contributed by atoms with Gasteiger partial charge in [0, 0.05) is 12.2 Å². The van der Waals surface area contributed by atoms with E-state index in [0.29, 0.717) is 10.6 Å². The number of esters is 1. The monoisotopic (exact) mass is 424 g/mol. The van der Waals surface area contributed by atoms with Crippen LogP contribution in [0.3, 0.4) is 0 Å². The highest BCUT2D eigenvalue weighted by Gasteiger charge is 2.41. The fraction of sp³-hybridized carbons (Fsp3) is 0.500. The minimum absolute atomic E-state index is 0.0439. The third-order valence-electron chi connectivity index (χ3n) is 5.51. The van der Waals surface area contributed by atoms with E-state index in [1.54, 1.807) is 6.07 Å². The second-order valence-corrected chi connectivity index (χ2v) is 7.52. The van der Waals surface area contributed by atoms with Crippen molar-refractivity contribution in [3.05, 3.63) is 41.9 Å². The van der Waals surface area contributed by atoms with Crippen molar-refractivity contribution in [3.63, 3.8) is 0 Å². The first-order valence-electron chi connectivity index (χ1n) is 9.71. The van der Waals surface area contributed by atoms with Gasteiger partial charge in [-0.05, 0) is 30.4 Å². The molecule has 1 amide bonds. The molecule has 0 saturated heterocycles. The number of nitrogens with zero attached hydrogens (tertiary/aromatic N) is 3. The van der Waals surface area contributed by atoms with Crippen LogP contribution < -0.4 is 5.32 Å². The number of nitrogens with one attached hydrogen (secondary N) is 1. The number of hydrogen-bond acceptors (Lipinski definition) is 5. The molecule has 1 fully saturated rings. The average Bonchev–Trinajstić information content (AvgIpc) is 3.16. The molecule has 0 bridgehead atoms. The number of alkyl halides is 3. The molecule has 0 radical (unpaired) electrons. The van der Waals surface area contributed by atoms with Crippen LogP contribution in [0, 0.1) is 11.8 Å². The number of hydrogen-bond donors (Lipinski definition) is 1. The molecule has 30 heavy (non-hydrogen) atoms. The minimum Gasteiger partial charge on any atom is -0.452 e. The maximum absolute atomic E-state index is 13.6. The largest absolute Gasteiger partial charge is 0.452 e. The summed E-state index contributed by atoms with van der Waals surface area (Å²) < 4.78 is 46.2. The molecular formula is C20H23F3N4O3. The van der Waals surface area contributed by atoms with Gasteiger partial charge in [0.1, 0.15) is 5.56 Å². The first-order valence-corrected chi connectivity index (χ1v) is 9.71. The second kappa shape index (κ2) is 8.85. The zero-order chi connectivity index (χ0) is 21.9. The van der Waals surface area contributed by atoms with Crippen LogP contribution in [-0.4, -0.2) is 39.3 Å². The second-order valence-electron chi connectivity index (χ2n) is 7.52. The van der Waals surface area contributed by atoms with Gasteiger partial charge in [-0.2, -0.15) is 18.3 Å². The minimum atomic E-state index is -4.88. The molecule has 1 aliphatic carbocycles. The summed E-state index contributed by atoms with van der Waals surface area (Å²) in [5.41, 5.74) is -2.08. The van der Waals surface area contributed by atoms with Crippen molar-refractivity contribution in [2.75, 3.05) is 6.61 Å². The van der Waals surface area contributed by atoms with Gasteiger partial charge in [-0.25, -0.2) is 14.5 Å². The Hall–Kier alpha value is -2.91. The SMILES string of the molecule is C[C@H]1[C@H](C)CCC[C@@H]1NC(=O)COC(=O)c1cnn(-c2ccccn2)c1C(F)(F)F. The fourth-order valence-electron chi connectivity index (χ4n) is 3.67. The number of amides is 1. The molecule has 1 N–H and O–H groups in total. The Kier molecular flexibility index (Phi) is 6.42. The Morgan fingerprint density at radius 2 is 2.03 bits per heavy atom. The molecule has 10 heteroatoms. The van der Waals surface area contributed by atoms with Crippen LogP contribution >= 0.6 is 0 Å². The average molecular weight is 424 g/mol. The summed E-state index contributed by atoms with van der Waals surface area (Å²) in [7, 11) is 0. The summed E-state index contributed by atoms with van der Waals surface area (Å²) in [5, 5.41) is 6.46. The van der Waals surface area contributed by atoms with Gasteiger partial charge >= 0.3 is 12.1 Å². The number of halogens is 3. The number of pyridine rings is 1. The van der Waals surface area contributed by atoms with E-state index in [1.165, 1.54) is 18.3 Å². The maximum atomic E-state index is 13.6. The first kappa shape index (κ1) is 21.8. The van der Waals surface area contributed by atoms with Crippen molar-refractivity contribution in [3.8, 4) is 5.82 Å². The van der Waals surface area contributed by atoms with Crippen molar-refractivity contribution in [2.45, 2.75) is 45.3 Å². The number of aromatic nitrogens is 3. The van der Waals surface area contributed by atoms with E-state index in [4.69, 9.17) is 4.74 Å². The topological polar surface area (TPSA) is 86.1 Å². The lowest BCUT2D eigenvalue weighted by molar-refractivity contribution is -0.143. The Labute approximate surface area is 171 Å². The zero-order valence-electron chi connectivity index (χ0n) is 16.6. The molecule has 0 unspecified atom stereocenters. The highest BCUT2D eigenvalue weighted by Crippen LogP contribution is 2.33. The van der Waals surface area contributed by atoms with Crippen molar-refractivity contribution in [1.29, 1.82) is 0 Å². The number of carbonyl (C=O) groups excluding carboxylic acids is 2. The van der Waals surface area contributed by atoms with Gasteiger partial charge in [0.05, 0.1) is 6.20 Å². The van der Waals surface area contributed by atoms with E-state index in [0.717, 1.165) is 25.5 Å². The lowest BCUT2D eigenvalue weighted by Crippen LogP contribution is -2.45. The quantitative estimate of drug-likeness (QED) is 0.744. The predicted molar refractivity (Wildman–Crippen MR) is 101 cm³/mol. The molecule has 2 aromatic heterocycles. The summed E-state index contributed by atoms with van der Waals surface area (Å²) in [6.07, 6.45) is 0.0920. The Balaban J connectivity index is 1.70. The van der Waals surface area contributed by atoms with Crippen molar-refractivity contribution in [2.24, 2.45) is 11.8 Å². The van der Waals surface area contributed by atoms with Gasteiger partial charge in [-0.3, -0.25) is 4.79 Å². The third-order valence-corrected chi connectivity index (χ3v) is 5.51. The molecule has 2 aromatic rings. The van der Waals surface area contributed by atoms with E-state index in [1.807, 2.05) is 6.92 Å². The summed E-state index contributed by atoms with van der Waals surface area (Å²) in [5.74, 6) is -1.18. The van der Waals surface area contributed by atoms with Crippen LogP contribution in [0.2, 0.25) is 0 Å². The van der Waals surface area contributed by atoms with Crippen LogP contribution in [0.25, 0.3) is 5.82 Å². The Morgan fingerprint density at radius 3 is 2.70 bits per heavy atom. The molecule has 0 spiro atoms. The molecule has 162 valence electrons. The molecule has 1 aliphatic rings. The van der Waals surface area contributed by atoms with E-state index in [2.05, 4.69) is 22.3 Å². The molecule has 7 nitrogen and oxygen atoms in total. The molecule has 3 rings (SSSR count). The normalized spacial score (nSPS) is 21.8. The summed E-state index contributed by atoms with van der Waals surface area (Å²) in [4.78, 5) is 28.3. The van der Waals surface area contributed by atoms with Gasteiger partial charge in [-0.1, -0.05) is 32.8 Å². The first-order chi connectivity index (χ1) is 14.2. The standard InChI is InChI=1S/C20H23F3N4O3/c1-12-6-5-7-15(13(12)2)26-17(28)11-30-19(29)14-10-25-27(18(14)20(21,22)23)16-8-3-4-9-24-16/h3-4,8-10,12-13,15H,5-7,11H2,1-2H3,(H,26,28)/t12-,13+,15+/m1/s1. The molecular weight excluding hydrogens is 401 g/mol. The van der Waals surface area contributed by atoms with Gasteiger partial charge < -0.3 is 10.1 Å². The predicted octanol–water partition coefficient (Wildman–Crippen LogP) is 3.38. The Morgan fingerprint density at radius 1 is 1.27 bits per heavy atom. The van der Waals surface area contributed by atoms with Gasteiger partial charge in [0.15, 0.2) is 18.1 Å². The summed E-state index contributed by atoms with van der Waals surface area (Å²) >= 11 is 0.